The molecule has 1 heterocycles. The van der Waals surface area contributed by atoms with Gasteiger partial charge in [-0.2, -0.15) is 0 Å². The average molecular weight is 236 g/mol. The summed E-state index contributed by atoms with van der Waals surface area (Å²) >= 11 is 2.00. The van der Waals surface area contributed by atoms with Crippen molar-refractivity contribution in [2.75, 3.05) is 0 Å². The summed E-state index contributed by atoms with van der Waals surface area (Å²) in [5.41, 5.74) is 4.36. The highest BCUT2D eigenvalue weighted by atomic mass is 32.2. The zero-order valence-corrected chi connectivity index (χ0v) is 10.2. The molecule has 0 radical (unpaired) electrons. The van der Waals surface area contributed by atoms with Gasteiger partial charge in [-0.25, -0.2) is 0 Å². The second-order valence-electron chi connectivity index (χ2n) is 4.59. The van der Waals surface area contributed by atoms with Gasteiger partial charge in [-0.15, -0.1) is 11.8 Å². The van der Waals surface area contributed by atoms with Crippen LogP contribution < -0.4 is 0 Å². The van der Waals surface area contributed by atoms with E-state index in [2.05, 4.69) is 60.7 Å². The van der Waals surface area contributed by atoms with Crippen LogP contribution in [0.25, 0.3) is 6.08 Å². The first-order chi connectivity index (χ1) is 8.43. The number of rotatable bonds is 0. The predicted octanol–water partition coefficient (Wildman–Crippen LogP) is 4.32. The third kappa shape index (κ3) is 1.32. The molecular weight excluding hydrogens is 224 g/mol. The standard InChI is InChI=1S/C16H12S/c1-2-6-12-11(5-1)9-10-15-16(12)13-7-3-4-8-14(13)17-15/h1-10,15-16H. The third-order valence-electron chi connectivity index (χ3n) is 3.64. The molecule has 0 fully saturated rings. The molecule has 82 valence electrons. The maximum atomic E-state index is 2.36. The molecule has 1 aliphatic heterocycles. The van der Waals surface area contributed by atoms with Gasteiger partial charge in [0.05, 0.1) is 0 Å². The quantitative estimate of drug-likeness (QED) is 0.656. The summed E-state index contributed by atoms with van der Waals surface area (Å²) in [6, 6.07) is 17.6. The smallest absolute Gasteiger partial charge is 0.0387 e. The van der Waals surface area contributed by atoms with E-state index in [4.69, 9.17) is 0 Å². The van der Waals surface area contributed by atoms with Crippen molar-refractivity contribution >= 4 is 17.8 Å². The summed E-state index contributed by atoms with van der Waals surface area (Å²) < 4.78 is 0. The molecule has 0 nitrogen and oxygen atoms in total. The van der Waals surface area contributed by atoms with Gasteiger partial charge in [0.1, 0.15) is 0 Å². The Kier molecular flexibility index (Phi) is 1.97. The van der Waals surface area contributed by atoms with Gasteiger partial charge >= 0.3 is 0 Å². The van der Waals surface area contributed by atoms with Crippen molar-refractivity contribution in [2.45, 2.75) is 16.1 Å². The molecule has 2 aromatic rings. The summed E-state index contributed by atoms with van der Waals surface area (Å²) in [6.45, 7) is 0. The van der Waals surface area contributed by atoms with Crippen molar-refractivity contribution in [3.05, 3.63) is 71.3 Å². The Labute approximate surface area is 105 Å². The van der Waals surface area contributed by atoms with E-state index in [1.54, 1.807) is 0 Å². The molecule has 0 spiro atoms. The highest BCUT2D eigenvalue weighted by Crippen LogP contribution is 2.51. The molecule has 2 unspecified atom stereocenters. The van der Waals surface area contributed by atoms with Crippen LogP contribution >= 0.6 is 11.8 Å². The molecule has 2 aliphatic rings. The van der Waals surface area contributed by atoms with Crippen LogP contribution in [0, 0.1) is 0 Å². The van der Waals surface area contributed by atoms with Crippen LogP contribution in [0.5, 0.6) is 0 Å². The van der Waals surface area contributed by atoms with Gasteiger partial charge in [0.2, 0.25) is 0 Å². The lowest BCUT2D eigenvalue weighted by molar-refractivity contribution is 0.844. The Morgan fingerprint density at radius 3 is 2.53 bits per heavy atom. The number of hydrogen-bond acceptors (Lipinski definition) is 1. The van der Waals surface area contributed by atoms with Gasteiger partial charge in [-0.3, -0.25) is 0 Å². The van der Waals surface area contributed by atoms with E-state index in [0.717, 1.165) is 0 Å². The average Bonchev–Trinajstić information content (AvgIpc) is 2.77. The molecule has 2 aromatic carbocycles. The molecular formula is C16H12S. The highest BCUT2D eigenvalue weighted by molar-refractivity contribution is 8.00. The van der Waals surface area contributed by atoms with E-state index in [1.165, 1.54) is 21.6 Å². The number of thioether (sulfide) groups is 1. The van der Waals surface area contributed by atoms with Crippen molar-refractivity contribution < 1.29 is 0 Å². The lowest BCUT2D eigenvalue weighted by atomic mass is 9.82. The first-order valence-electron chi connectivity index (χ1n) is 5.96. The number of benzene rings is 2. The SMILES string of the molecule is C1=CC2Sc3ccccc3C2c2ccccc21. The summed E-state index contributed by atoms with van der Waals surface area (Å²) in [4.78, 5) is 1.45. The van der Waals surface area contributed by atoms with Crippen LogP contribution in [0.1, 0.15) is 22.6 Å². The first-order valence-corrected chi connectivity index (χ1v) is 6.84. The Bertz CT molecular complexity index is 612. The lowest BCUT2D eigenvalue weighted by Crippen LogP contribution is -2.13. The second kappa shape index (κ2) is 3.51. The highest BCUT2D eigenvalue weighted by Gasteiger charge is 2.35. The normalized spacial score (nSPS) is 24.0. The van der Waals surface area contributed by atoms with E-state index in [9.17, 15) is 0 Å². The van der Waals surface area contributed by atoms with Gasteiger partial charge in [0.15, 0.2) is 0 Å². The summed E-state index contributed by atoms with van der Waals surface area (Å²) in [5, 5.41) is 0.585. The van der Waals surface area contributed by atoms with Crippen LogP contribution in [0.2, 0.25) is 0 Å². The van der Waals surface area contributed by atoms with E-state index in [0.29, 0.717) is 11.2 Å². The zero-order chi connectivity index (χ0) is 11.2. The van der Waals surface area contributed by atoms with Crippen molar-refractivity contribution in [2.24, 2.45) is 0 Å². The first kappa shape index (κ1) is 9.55. The molecule has 1 aliphatic carbocycles. The van der Waals surface area contributed by atoms with Crippen molar-refractivity contribution in [3.63, 3.8) is 0 Å². The molecule has 2 atom stereocenters. The number of hydrogen-bond donors (Lipinski definition) is 0. The summed E-state index contributed by atoms with van der Waals surface area (Å²) in [6.07, 6.45) is 4.63. The third-order valence-corrected chi connectivity index (χ3v) is 4.97. The minimum absolute atomic E-state index is 0.553. The Hall–Kier alpha value is -1.47. The molecule has 0 amide bonds. The molecule has 0 saturated heterocycles. The van der Waals surface area contributed by atoms with Gasteiger partial charge in [0.25, 0.3) is 0 Å². The molecule has 0 aromatic heterocycles. The Balaban J connectivity index is 1.96. The predicted molar refractivity (Wildman–Crippen MR) is 73.4 cm³/mol. The van der Waals surface area contributed by atoms with Crippen molar-refractivity contribution in [1.82, 2.24) is 0 Å². The molecule has 0 bridgehead atoms. The minimum Gasteiger partial charge on any atom is -0.117 e. The van der Waals surface area contributed by atoms with Gasteiger partial charge < -0.3 is 0 Å². The molecule has 0 N–H and O–H groups in total. The maximum Gasteiger partial charge on any atom is 0.0387 e. The van der Waals surface area contributed by atoms with Crippen LogP contribution in [-0.4, -0.2) is 5.25 Å². The van der Waals surface area contributed by atoms with E-state index >= 15 is 0 Å². The van der Waals surface area contributed by atoms with Crippen LogP contribution in [0.15, 0.2) is 59.5 Å². The maximum absolute atomic E-state index is 2.36. The molecule has 4 rings (SSSR count). The van der Waals surface area contributed by atoms with Gasteiger partial charge in [-0.1, -0.05) is 54.6 Å². The van der Waals surface area contributed by atoms with Gasteiger partial charge in [-0.05, 0) is 22.8 Å². The van der Waals surface area contributed by atoms with Crippen LogP contribution in [0.4, 0.5) is 0 Å². The summed E-state index contributed by atoms with van der Waals surface area (Å²) in [7, 11) is 0. The molecule has 0 saturated carbocycles. The number of fused-ring (bicyclic) bond motifs is 5. The van der Waals surface area contributed by atoms with Crippen molar-refractivity contribution in [1.29, 1.82) is 0 Å². The fraction of sp³-hybridized carbons (Fsp3) is 0.125. The van der Waals surface area contributed by atoms with Gasteiger partial charge in [0, 0.05) is 16.1 Å². The minimum atomic E-state index is 0.553. The summed E-state index contributed by atoms with van der Waals surface area (Å²) in [5.74, 6) is 0.553. The van der Waals surface area contributed by atoms with Crippen LogP contribution in [-0.2, 0) is 0 Å². The second-order valence-corrected chi connectivity index (χ2v) is 5.81. The van der Waals surface area contributed by atoms with Crippen molar-refractivity contribution in [3.8, 4) is 0 Å². The lowest BCUT2D eigenvalue weighted by Gasteiger charge is -2.23. The largest absolute Gasteiger partial charge is 0.117 e. The molecule has 17 heavy (non-hydrogen) atoms. The van der Waals surface area contributed by atoms with Crippen LogP contribution in [0.3, 0.4) is 0 Å². The topological polar surface area (TPSA) is 0 Å². The zero-order valence-electron chi connectivity index (χ0n) is 9.34. The molecule has 1 heteroatoms. The fourth-order valence-electron chi connectivity index (χ4n) is 2.88. The van der Waals surface area contributed by atoms with E-state index in [-0.39, 0.29) is 0 Å². The monoisotopic (exact) mass is 236 g/mol. The van der Waals surface area contributed by atoms with E-state index in [1.807, 2.05) is 11.8 Å². The Morgan fingerprint density at radius 1 is 0.824 bits per heavy atom. The van der Waals surface area contributed by atoms with E-state index < -0.39 is 0 Å². The Morgan fingerprint density at radius 2 is 1.59 bits per heavy atom. The fourth-order valence-corrected chi connectivity index (χ4v) is 4.24.